The number of methoxy groups -OCH3 is 1. The number of aromatic nitrogens is 1. The van der Waals surface area contributed by atoms with E-state index >= 15 is 0 Å². The molecule has 2 rings (SSSR count). The molecule has 98 valence electrons. The van der Waals surface area contributed by atoms with Gasteiger partial charge in [-0.25, -0.2) is 4.39 Å². The van der Waals surface area contributed by atoms with Crippen molar-refractivity contribution in [1.82, 2.24) is 4.98 Å². The molecule has 2 N–H and O–H groups in total. The highest BCUT2D eigenvalue weighted by atomic mass is 19.1. The second-order valence-corrected chi connectivity index (χ2v) is 3.91. The van der Waals surface area contributed by atoms with E-state index in [0.29, 0.717) is 23.8 Å². The molecule has 5 heteroatoms. The molecule has 0 aliphatic heterocycles. The predicted molar refractivity (Wildman–Crippen MR) is 71.6 cm³/mol. The van der Waals surface area contributed by atoms with E-state index in [1.807, 2.05) is 0 Å². The van der Waals surface area contributed by atoms with E-state index in [9.17, 15) is 4.39 Å². The third-order valence-corrected chi connectivity index (χ3v) is 2.57. The van der Waals surface area contributed by atoms with Crippen LogP contribution in [0.1, 0.15) is 11.3 Å². The fourth-order valence-electron chi connectivity index (χ4n) is 1.53. The van der Waals surface area contributed by atoms with Gasteiger partial charge in [0.2, 0.25) is 0 Å². The van der Waals surface area contributed by atoms with Crippen LogP contribution in [0.5, 0.6) is 5.75 Å². The zero-order valence-electron chi connectivity index (χ0n) is 10.5. The molecule has 0 unspecified atom stereocenters. The largest absolute Gasteiger partial charge is 0.497 e. The molecule has 0 radical (unpaired) electrons. The summed E-state index contributed by atoms with van der Waals surface area (Å²) in [5.74, 6) is 0.725. The molecule has 0 amide bonds. The number of nitrogens with zero attached hydrogens (tertiary/aromatic N) is 2. The predicted octanol–water partition coefficient (Wildman–Crippen LogP) is 2.13. The van der Waals surface area contributed by atoms with Gasteiger partial charge >= 0.3 is 0 Å². The van der Waals surface area contributed by atoms with Crippen LogP contribution < -0.4 is 10.5 Å². The number of amidine groups is 1. The van der Waals surface area contributed by atoms with Gasteiger partial charge in [0.1, 0.15) is 23.1 Å². The van der Waals surface area contributed by atoms with Crippen LogP contribution in [0.4, 0.5) is 4.39 Å². The lowest BCUT2D eigenvalue weighted by molar-refractivity contribution is 0.414. The molecule has 0 spiro atoms. The lowest BCUT2D eigenvalue weighted by Gasteiger charge is -2.03. The first-order chi connectivity index (χ1) is 9.19. The maximum atomic E-state index is 12.7. The Morgan fingerprint density at radius 2 is 2.05 bits per heavy atom. The standard InChI is InChI=1S/C14H14FN3O/c1-19-12-6-7-17-13(8-12)14(16)18-9-10-2-4-11(15)5-3-10/h2-8H,9H2,1H3,(H2,16,18). The van der Waals surface area contributed by atoms with E-state index in [-0.39, 0.29) is 5.82 Å². The molecule has 1 aromatic heterocycles. The minimum absolute atomic E-state index is 0.268. The zero-order chi connectivity index (χ0) is 13.7. The van der Waals surface area contributed by atoms with Crippen molar-refractivity contribution in [1.29, 1.82) is 0 Å². The first-order valence-corrected chi connectivity index (χ1v) is 5.74. The van der Waals surface area contributed by atoms with Gasteiger partial charge < -0.3 is 10.5 Å². The summed E-state index contributed by atoms with van der Waals surface area (Å²) in [6, 6.07) is 9.58. The molecule has 0 saturated heterocycles. The van der Waals surface area contributed by atoms with E-state index in [1.165, 1.54) is 12.1 Å². The number of hydrogen-bond donors (Lipinski definition) is 1. The third kappa shape index (κ3) is 3.51. The number of benzene rings is 1. The summed E-state index contributed by atoms with van der Waals surface area (Å²) in [6.45, 7) is 0.380. The number of nitrogens with two attached hydrogens (primary N) is 1. The summed E-state index contributed by atoms with van der Waals surface area (Å²) in [7, 11) is 1.57. The van der Waals surface area contributed by atoms with Crippen LogP contribution in [0, 0.1) is 5.82 Å². The Hall–Kier alpha value is -2.43. The maximum Gasteiger partial charge on any atom is 0.145 e. The average Bonchev–Trinajstić information content (AvgIpc) is 2.46. The fourth-order valence-corrected chi connectivity index (χ4v) is 1.53. The lowest BCUT2D eigenvalue weighted by Crippen LogP contribution is -2.15. The fraction of sp³-hybridized carbons (Fsp3) is 0.143. The van der Waals surface area contributed by atoms with Crippen LogP contribution in [0.2, 0.25) is 0 Å². The van der Waals surface area contributed by atoms with E-state index in [0.717, 1.165) is 5.56 Å². The van der Waals surface area contributed by atoms with Crippen LogP contribution in [0.25, 0.3) is 0 Å². The number of hydrogen-bond acceptors (Lipinski definition) is 3. The minimum atomic E-state index is -0.268. The first kappa shape index (κ1) is 13.0. The maximum absolute atomic E-state index is 12.7. The molecular formula is C14H14FN3O. The van der Waals surface area contributed by atoms with Crippen molar-refractivity contribution >= 4 is 5.84 Å². The lowest BCUT2D eigenvalue weighted by atomic mass is 10.2. The first-order valence-electron chi connectivity index (χ1n) is 5.74. The van der Waals surface area contributed by atoms with Gasteiger partial charge in [0, 0.05) is 12.3 Å². The van der Waals surface area contributed by atoms with Crippen molar-refractivity contribution in [2.75, 3.05) is 7.11 Å². The molecule has 0 bridgehead atoms. The topological polar surface area (TPSA) is 60.5 Å². The Kier molecular flexibility index (Phi) is 4.07. The highest BCUT2D eigenvalue weighted by Gasteiger charge is 2.02. The average molecular weight is 259 g/mol. The number of rotatable bonds is 4. The Labute approximate surface area is 110 Å². The molecule has 1 heterocycles. The summed E-state index contributed by atoms with van der Waals surface area (Å²) in [6.07, 6.45) is 1.61. The van der Waals surface area contributed by atoms with E-state index < -0.39 is 0 Å². The monoisotopic (exact) mass is 259 g/mol. The minimum Gasteiger partial charge on any atom is -0.497 e. The highest BCUT2D eigenvalue weighted by Crippen LogP contribution is 2.10. The highest BCUT2D eigenvalue weighted by molar-refractivity contribution is 5.95. The van der Waals surface area contributed by atoms with Gasteiger partial charge in [-0.1, -0.05) is 12.1 Å². The summed E-state index contributed by atoms with van der Waals surface area (Å²) in [5.41, 5.74) is 7.29. The normalized spacial score (nSPS) is 11.4. The van der Waals surface area contributed by atoms with Crippen molar-refractivity contribution < 1.29 is 9.13 Å². The smallest absolute Gasteiger partial charge is 0.145 e. The molecule has 4 nitrogen and oxygen atoms in total. The van der Waals surface area contributed by atoms with Gasteiger partial charge in [-0.2, -0.15) is 0 Å². The van der Waals surface area contributed by atoms with E-state index in [1.54, 1.807) is 37.6 Å². The summed E-state index contributed by atoms with van der Waals surface area (Å²) in [4.78, 5) is 8.34. The van der Waals surface area contributed by atoms with Crippen molar-refractivity contribution in [3.05, 3.63) is 59.7 Å². The van der Waals surface area contributed by atoms with Crippen molar-refractivity contribution in [2.45, 2.75) is 6.54 Å². The summed E-state index contributed by atoms with van der Waals surface area (Å²) >= 11 is 0. The van der Waals surface area contributed by atoms with Crippen LogP contribution in [-0.2, 0) is 6.54 Å². The van der Waals surface area contributed by atoms with Crippen LogP contribution in [0.15, 0.2) is 47.6 Å². The molecule has 0 atom stereocenters. The van der Waals surface area contributed by atoms with E-state index in [4.69, 9.17) is 10.5 Å². The van der Waals surface area contributed by atoms with E-state index in [2.05, 4.69) is 9.98 Å². The van der Waals surface area contributed by atoms with Gasteiger partial charge in [-0.15, -0.1) is 0 Å². The Balaban J connectivity index is 2.11. The molecule has 0 aliphatic carbocycles. The Morgan fingerprint density at radius 3 is 2.74 bits per heavy atom. The number of pyridine rings is 1. The number of ether oxygens (including phenoxy) is 1. The SMILES string of the molecule is COc1ccnc(C(N)=NCc2ccc(F)cc2)c1. The zero-order valence-corrected chi connectivity index (χ0v) is 10.5. The Morgan fingerprint density at radius 1 is 1.32 bits per heavy atom. The molecule has 19 heavy (non-hydrogen) atoms. The van der Waals surface area contributed by atoms with Gasteiger partial charge in [-0.05, 0) is 23.8 Å². The molecule has 0 aliphatic rings. The van der Waals surface area contributed by atoms with Crippen molar-refractivity contribution in [3.8, 4) is 5.75 Å². The molecule has 1 aromatic carbocycles. The summed E-state index contributed by atoms with van der Waals surface area (Å²) < 4.78 is 17.8. The quantitative estimate of drug-likeness (QED) is 0.676. The van der Waals surface area contributed by atoms with Gasteiger partial charge in [0.15, 0.2) is 0 Å². The number of halogens is 1. The second-order valence-electron chi connectivity index (χ2n) is 3.91. The van der Waals surface area contributed by atoms with Crippen LogP contribution in [0.3, 0.4) is 0 Å². The van der Waals surface area contributed by atoms with Gasteiger partial charge in [-0.3, -0.25) is 9.98 Å². The Bertz CT molecular complexity index is 581. The van der Waals surface area contributed by atoms with Gasteiger partial charge in [0.05, 0.1) is 13.7 Å². The van der Waals surface area contributed by atoms with Crippen molar-refractivity contribution in [2.24, 2.45) is 10.7 Å². The van der Waals surface area contributed by atoms with Gasteiger partial charge in [0.25, 0.3) is 0 Å². The third-order valence-electron chi connectivity index (χ3n) is 2.57. The molecular weight excluding hydrogens is 245 g/mol. The molecule has 0 fully saturated rings. The second kappa shape index (κ2) is 5.95. The summed E-state index contributed by atoms with van der Waals surface area (Å²) in [5, 5.41) is 0. The molecule has 0 saturated carbocycles. The van der Waals surface area contributed by atoms with Crippen molar-refractivity contribution in [3.63, 3.8) is 0 Å². The number of aliphatic imine (C=N–C) groups is 1. The van der Waals surface area contributed by atoms with Crippen LogP contribution >= 0.6 is 0 Å². The van der Waals surface area contributed by atoms with Crippen LogP contribution in [-0.4, -0.2) is 17.9 Å². The molecule has 2 aromatic rings.